The third-order valence-corrected chi connectivity index (χ3v) is 1.86. The number of rotatable bonds is 1. The zero-order valence-electron chi connectivity index (χ0n) is 6.66. The topological polar surface area (TPSA) is 66.6 Å². The SMILES string of the molecule is CC(N)C(=O)N1CC[C@@H](O)C1. The molecule has 1 aliphatic rings. The second-order valence-corrected chi connectivity index (χ2v) is 3.02. The van der Waals surface area contributed by atoms with Crippen LogP contribution in [-0.2, 0) is 4.79 Å². The van der Waals surface area contributed by atoms with Crippen molar-refractivity contribution in [1.29, 1.82) is 0 Å². The lowest BCUT2D eigenvalue weighted by molar-refractivity contribution is -0.131. The fourth-order valence-corrected chi connectivity index (χ4v) is 1.23. The van der Waals surface area contributed by atoms with Gasteiger partial charge in [0.2, 0.25) is 5.91 Å². The standard InChI is InChI=1S/C7H14N2O2/c1-5(8)7(11)9-3-2-6(10)4-9/h5-6,10H,2-4,8H2,1H3/t5?,6-/m1/s1. The molecule has 2 atom stereocenters. The van der Waals surface area contributed by atoms with Crippen molar-refractivity contribution in [2.45, 2.75) is 25.5 Å². The van der Waals surface area contributed by atoms with Gasteiger partial charge < -0.3 is 15.7 Å². The van der Waals surface area contributed by atoms with E-state index in [9.17, 15) is 4.79 Å². The average molecular weight is 158 g/mol. The highest BCUT2D eigenvalue weighted by molar-refractivity contribution is 5.81. The Morgan fingerprint density at radius 3 is 2.82 bits per heavy atom. The number of β-amino-alcohol motifs (C(OH)–C–C–N with tert-alkyl or cyclic N) is 1. The first kappa shape index (κ1) is 8.49. The average Bonchev–Trinajstić information content (AvgIpc) is 2.34. The van der Waals surface area contributed by atoms with E-state index in [0.717, 1.165) is 0 Å². The van der Waals surface area contributed by atoms with Crippen LogP contribution in [0.1, 0.15) is 13.3 Å². The van der Waals surface area contributed by atoms with Gasteiger partial charge in [-0.2, -0.15) is 0 Å². The zero-order valence-corrected chi connectivity index (χ0v) is 6.66. The molecule has 0 bridgehead atoms. The molecule has 0 radical (unpaired) electrons. The summed E-state index contributed by atoms with van der Waals surface area (Å²) < 4.78 is 0. The quantitative estimate of drug-likeness (QED) is 0.510. The van der Waals surface area contributed by atoms with Crippen LogP contribution in [0.4, 0.5) is 0 Å². The Balaban J connectivity index is 2.43. The monoisotopic (exact) mass is 158 g/mol. The van der Waals surface area contributed by atoms with E-state index in [2.05, 4.69) is 0 Å². The van der Waals surface area contributed by atoms with Gasteiger partial charge in [-0.3, -0.25) is 4.79 Å². The first-order valence-corrected chi connectivity index (χ1v) is 3.83. The largest absolute Gasteiger partial charge is 0.391 e. The molecule has 1 heterocycles. The van der Waals surface area contributed by atoms with E-state index in [1.807, 2.05) is 0 Å². The summed E-state index contributed by atoms with van der Waals surface area (Å²) in [5.74, 6) is -0.0680. The smallest absolute Gasteiger partial charge is 0.239 e. The van der Waals surface area contributed by atoms with E-state index < -0.39 is 6.04 Å². The molecule has 4 heteroatoms. The Labute approximate surface area is 66.0 Å². The Morgan fingerprint density at radius 1 is 1.82 bits per heavy atom. The summed E-state index contributed by atoms with van der Waals surface area (Å²) in [6.45, 7) is 2.74. The summed E-state index contributed by atoms with van der Waals surface area (Å²) in [6, 6.07) is -0.444. The lowest BCUT2D eigenvalue weighted by Gasteiger charge is -2.17. The first-order chi connectivity index (χ1) is 5.11. The van der Waals surface area contributed by atoms with Crippen LogP contribution in [-0.4, -0.2) is 41.1 Å². The van der Waals surface area contributed by atoms with Crippen molar-refractivity contribution in [2.75, 3.05) is 13.1 Å². The Morgan fingerprint density at radius 2 is 2.45 bits per heavy atom. The predicted octanol–water partition coefficient (Wildman–Crippen LogP) is -1.07. The number of nitrogens with two attached hydrogens (primary N) is 1. The van der Waals surface area contributed by atoms with Crippen molar-refractivity contribution in [3.63, 3.8) is 0 Å². The van der Waals surface area contributed by atoms with Crippen LogP contribution in [0.25, 0.3) is 0 Å². The molecule has 11 heavy (non-hydrogen) atoms. The van der Waals surface area contributed by atoms with Crippen LogP contribution in [0.2, 0.25) is 0 Å². The maximum atomic E-state index is 11.2. The van der Waals surface area contributed by atoms with Gasteiger partial charge in [0.25, 0.3) is 0 Å². The summed E-state index contributed by atoms with van der Waals surface area (Å²) in [5.41, 5.74) is 5.39. The minimum atomic E-state index is -0.444. The highest BCUT2D eigenvalue weighted by atomic mass is 16.3. The van der Waals surface area contributed by atoms with Gasteiger partial charge in [0, 0.05) is 13.1 Å². The van der Waals surface area contributed by atoms with Crippen molar-refractivity contribution in [3.05, 3.63) is 0 Å². The second-order valence-electron chi connectivity index (χ2n) is 3.02. The van der Waals surface area contributed by atoms with E-state index in [1.165, 1.54) is 0 Å². The summed E-state index contributed by atoms with van der Waals surface area (Å²) in [4.78, 5) is 12.8. The summed E-state index contributed by atoms with van der Waals surface area (Å²) >= 11 is 0. The number of carbonyl (C=O) groups excluding carboxylic acids is 1. The molecule has 4 nitrogen and oxygen atoms in total. The predicted molar refractivity (Wildman–Crippen MR) is 40.9 cm³/mol. The van der Waals surface area contributed by atoms with Crippen LogP contribution in [0.3, 0.4) is 0 Å². The normalized spacial score (nSPS) is 27.2. The minimum Gasteiger partial charge on any atom is -0.391 e. The highest BCUT2D eigenvalue weighted by Gasteiger charge is 2.25. The molecule has 0 aromatic rings. The van der Waals surface area contributed by atoms with Gasteiger partial charge in [-0.05, 0) is 13.3 Å². The molecule has 1 fully saturated rings. The maximum absolute atomic E-state index is 11.2. The third-order valence-electron chi connectivity index (χ3n) is 1.86. The molecule has 0 aromatic carbocycles. The second kappa shape index (κ2) is 3.19. The van der Waals surface area contributed by atoms with Gasteiger partial charge in [0.15, 0.2) is 0 Å². The molecule has 0 spiro atoms. The zero-order chi connectivity index (χ0) is 8.43. The Bertz CT molecular complexity index is 159. The van der Waals surface area contributed by atoms with Crippen molar-refractivity contribution in [3.8, 4) is 0 Å². The molecule has 1 saturated heterocycles. The van der Waals surface area contributed by atoms with E-state index in [0.29, 0.717) is 19.5 Å². The third kappa shape index (κ3) is 1.91. The van der Waals surface area contributed by atoms with Gasteiger partial charge >= 0.3 is 0 Å². The lowest BCUT2D eigenvalue weighted by Crippen LogP contribution is -2.41. The van der Waals surface area contributed by atoms with E-state index in [4.69, 9.17) is 10.8 Å². The fourth-order valence-electron chi connectivity index (χ4n) is 1.23. The number of nitrogens with zero attached hydrogens (tertiary/aromatic N) is 1. The van der Waals surface area contributed by atoms with Crippen LogP contribution in [0, 0.1) is 0 Å². The molecule has 0 saturated carbocycles. The molecule has 1 unspecified atom stereocenters. The van der Waals surface area contributed by atoms with Crippen molar-refractivity contribution in [2.24, 2.45) is 5.73 Å². The molecule has 3 N–H and O–H groups in total. The van der Waals surface area contributed by atoms with Crippen molar-refractivity contribution < 1.29 is 9.90 Å². The molecule has 1 amide bonds. The lowest BCUT2D eigenvalue weighted by atomic mass is 10.3. The maximum Gasteiger partial charge on any atom is 0.239 e. The molecule has 1 rings (SSSR count). The Hall–Kier alpha value is -0.610. The van der Waals surface area contributed by atoms with Crippen molar-refractivity contribution >= 4 is 5.91 Å². The number of aliphatic hydroxyl groups excluding tert-OH is 1. The number of hydrogen-bond donors (Lipinski definition) is 2. The molecule has 0 aliphatic carbocycles. The molecular formula is C7H14N2O2. The Kier molecular flexibility index (Phi) is 2.46. The van der Waals surface area contributed by atoms with Crippen molar-refractivity contribution in [1.82, 2.24) is 4.90 Å². The van der Waals surface area contributed by atoms with Gasteiger partial charge in [-0.25, -0.2) is 0 Å². The number of carbonyl (C=O) groups is 1. The van der Waals surface area contributed by atoms with Crippen LogP contribution in [0.5, 0.6) is 0 Å². The number of amides is 1. The van der Waals surface area contributed by atoms with Gasteiger partial charge in [0.05, 0.1) is 12.1 Å². The fraction of sp³-hybridized carbons (Fsp3) is 0.857. The molecular weight excluding hydrogens is 144 g/mol. The van der Waals surface area contributed by atoms with Crippen LogP contribution in [0.15, 0.2) is 0 Å². The molecule has 64 valence electrons. The number of hydrogen-bond acceptors (Lipinski definition) is 3. The highest BCUT2D eigenvalue weighted by Crippen LogP contribution is 2.09. The summed E-state index contributed by atoms with van der Waals surface area (Å²) in [6.07, 6.45) is 0.330. The summed E-state index contributed by atoms with van der Waals surface area (Å²) in [5, 5.41) is 9.10. The molecule has 1 aliphatic heterocycles. The van der Waals surface area contributed by atoms with Crippen LogP contribution >= 0.6 is 0 Å². The van der Waals surface area contributed by atoms with Gasteiger partial charge in [-0.1, -0.05) is 0 Å². The van der Waals surface area contributed by atoms with Gasteiger partial charge in [-0.15, -0.1) is 0 Å². The van der Waals surface area contributed by atoms with Gasteiger partial charge in [0.1, 0.15) is 0 Å². The minimum absolute atomic E-state index is 0.0680. The number of aliphatic hydroxyl groups is 1. The molecule has 0 aromatic heterocycles. The van der Waals surface area contributed by atoms with Crippen LogP contribution < -0.4 is 5.73 Å². The van der Waals surface area contributed by atoms with E-state index in [1.54, 1.807) is 11.8 Å². The van der Waals surface area contributed by atoms with E-state index >= 15 is 0 Å². The summed E-state index contributed by atoms with van der Waals surface area (Å²) in [7, 11) is 0. The number of likely N-dealkylation sites (tertiary alicyclic amines) is 1. The van der Waals surface area contributed by atoms with E-state index in [-0.39, 0.29) is 12.0 Å². The first-order valence-electron chi connectivity index (χ1n) is 3.83.